The van der Waals surface area contributed by atoms with Crippen LogP contribution in [0.3, 0.4) is 0 Å². The third kappa shape index (κ3) is 4.37. The van der Waals surface area contributed by atoms with Crippen molar-refractivity contribution in [2.45, 2.75) is 13.3 Å². The van der Waals surface area contributed by atoms with Crippen molar-refractivity contribution in [3.8, 4) is 5.75 Å². The highest BCUT2D eigenvalue weighted by Crippen LogP contribution is 2.12. The fourth-order valence-corrected chi connectivity index (χ4v) is 1.93. The van der Waals surface area contributed by atoms with Crippen LogP contribution in [-0.4, -0.2) is 30.1 Å². The van der Waals surface area contributed by atoms with E-state index in [0.29, 0.717) is 30.0 Å². The van der Waals surface area contributed by atoms with Crippen molar-refractivity contribution >= 4 is 11.9 Å². The lowest BCUT2D eigenvalue weighted by Gasteiger charge is -2.06. The molecule has 0 aliphatic rings. The molecule has 0 spiro atoms. The van der Waals surface area contributed by atoms with E-state index in [1.807, 2.05) is 12.1 Å². The number of carbonyl (C=O) groups excluding carboxylic acids is 1. The fraction of sp³-hybridized carbons (Fsp3) is 0.250. The average molecular weight is 303 g/mol. The van der Waals surface area contributed by atoms with E-state index in [-0.39, 0.29) is 12.5 Å². The smallest absolute Gasteiger partial charge is 0.341 e. The van der Waals surface area contributed by atoms with E-state index in [0.717, 1.165) is 5.56 Å². The minimum Gasteiger partial charge on any atom is -0.482 e. The van der Waals surface area contributed by atoms with Crippen LogP contribution in [0.15, 0.2) is 41.0 Å². The first kappa shape index (κ1) is 15.6. The molecule has 0 saturated carbocycles. The molecule has 1 aromatic heterocycles. The Morgan fingerprint density at radius 2 is 1.95 bits per heavy atom. The van der Waals surface area contributed by atoms with Gasteiger partial charge in [-0.15, -0.1) is 0 Å². The van der Waals surface area contributed by atoms with Crippen LogP contribution in [0.25, 0.3) is 0 Å². The van der Waals surface area contributed by atoms with Crippen molar-refractivity contribution in [1.82, 2.24) is 5.32 Å². The minimum absolute atomic E-state index is 0.160. The SMILES string of the molecule is Cc1occc1C(=O)NCCc1ccc(OCC(=O)O)cc1. The summed E-state index contributed by atoms with van der Waals surface area (Å²) in [5.41, 5.74) is 1.56. The van der Waals surface area contributed by atoms with Gasteiger partial charge in [-0.05, 0) is 37.1 Å². The molecule has 6 heteroatoms. The van der Waals surface area contributed by atoms with Gasteiger partial charge >= 0.3 is 5.97 Å². The Hall–Kier alpha value is -2.76. The number of hydrogen-bond acceptors (Lipinski definition) is 4. The zero-order valence-corrected chi connectivity index (χ0v) is 12.2. The van der Waals surface area contributed by atoms with E-state index in [2.05, 4.69) is 5.32 Å². The Morgan fingerprint density at radius 1 is 1.23 bits per heavy atom. The van der Waals surface area contributed by atoms with Gasteiger partial charge in [-0.3, -0.25) is 4.79 Å². The Bertz CT molecular complexity index is 645. The number of carboxylic acids is 1. The molecular weight excluding hydrogens is 286 g/mol. The molecule has 6 nitrogen and oxygen atoms in total. The first-order valence-electron chi connectivity index (χ1n) is 6.82. The highest BCUT2D eigenvalue weighted by molar-refractivity contribution is 5.95. The van der Waals surface area contributed by atoms with Gasteiger partial charge in [-0.25, -0.2) is 4.79 Å². The second-order valence-corrected chi connectivity index (χ2v) is 4.72. The van der Waals surface area contributed by atoms with Gasteiger partial charge in [0.25, 0.3) is 5.91 Å². The number of nitrogens with one attached hydrogen (secondary N) is 1. The zero-order valence-electron chi connectivity index (χ0n) is 12.2. The highest BCUT2D eigenvalue weighted by atomic mass is 16.5. The number of furan rings is 1. The maximum absolute atomic E-state index is 11.9. The van der Waals surface area contributed by atoms with E-state index in [9.17, 15) is 9.59 Å². The van der Waals surface area contributed by atoms with Crippen molar-refractivity contribution in [1.29, 1.82) is 0 Å². The van der Waals surface area contributed by atoms with Gasteiger partial charge in [0.05, 0.1) is 11.8 Å². The molecule has 116 valence electrons. The quantitative estimate of drug-likeness (QED) is 0.817. The topological polar surface area (TPSA) is 88.8 Å². The zero-order chi connectivity index (χ0) is 15.9. The number of ether oxygens (including phenoxy) is 1. The third-order valence-electron chi connectivity index (χ3n) is 3.09. The predicted octanol–water partition coefficient (Wildman–Crippen LogP) is 2.02. The largest absolute Gasteiger partial charge is 0.482 e. The van der Waals surface area contributed by atoms with Crippen molar-refractivity contribution in [3.05, 3.63) is 53.5 Å². The summed E-state index contributed by atoms with van der Waals surface area (Å²) in [6.07, 6.45) is 2.15. The van der Waals surface area contributed by atoms with Gasteiger partial charge in [0.1, 0.15) is 11.5 Å². The Kier molecular flexibility index (Phi) is 5.19. The van der Waals surface area contributed by atoms with Crippen LogP contribution in [0.4, 0.5) is 0 Å². The van der Waals surface area contributed by atoms with Crippen molar-refractivity contribution in [3.63, 3.8) is 0 Å². The molecule has 22 heavy (non-hydrogen) atoms. The predicted molar refractivity (Wildman–Crippen MR) is 79.1 cm³/mol. The molecule has 0 saturated heterocycles. The molecule has 0 aliphatic heterocycles. The number of carboxylic acid groups (broad SMARTS) is 1. The summed E-state index contributed by atoms with van der Waals surface area (Å²) < 4.78 is 10.1. The lowest BCUT2D eigenvalue weighted by atomic mass is 10.1. The van der Waals surface area contributed by atoms with Crippen LogP contribution in [-0.2, 0) is 11.2 Å². The van der Waals surface area contributed by atoms with Crippen LogP contribution >= 0.6 is 0 Å². The molecule has 0 unspecified atom stereocenters. The average Bonchev–Trinajstić information content (AvgIpc) is 2.92. The number of hydrogen-bond donors (Lipinski definition) is 2. The highest BCUT2D eigenvalue weighted by Gasteiger charge is 2.10. The maximum Gasteiger partial charge on any atom is 0.341 e. The van der Waals surface area contributed by atoms with Gasteiger partial charge in [0.2, 0.25) is 0 Å². The van der Waals surface area contributed by atoms with Crippen LogP contribution < -0.4 is 10.1 Å². The van der Waals surface area contributed by atoms with E-state index >= 15 is 0 Å². The number of aryl methyl sites for hydroxylation is 1. The van der Waals surface area contributed by atoms with Crippen molar-refractivity contribution in [2.24, 2.45) is 0 Å². The lowest BCUT2D eigenvalue weighted by Crippen LogP contribution is -2.25. The number of carbonyl (C=O) groups is 2. The molecule has 0 aliphatic carbocycles. The summed E-state index contributed by atoms with van der Waals surface area (Å²) in [7, 11) is 0. The molecular formula is C16H17NO5. The van der Waals surface area contributed by atoms with Crippen LogP contribution in [0, 0.1) is 6.92 Å². The number of benzene rings is 1. The third-order valence-corrected chi connectivity index (χ3v) is 3.09. The number of rotatable bonds is 7. The number of aliphatic carboxylic acids is 1. The van der Waals surface area contributed by atoms with Gasteiger partial charge in [0.15, 0.2) is 6.61 Å². The first-order valence-corrected chi connectivity index (χ1v) is 6.82. The summed E-state index contributed by atoms with van der Waals surface area (Å²) in [5, 5.41) is 11.3. The Balaban J connectivity index is 1.78. The first-order chi connectivity index (χ1) is 10.6. The summed E-state index contributed by atoms with van der Waals surface area (Å²) >= 11 is 0. The van der Waals surface area contributed by atoms with Gasteiger partial charge in [0, 0.05) is 6.54 Å². The minimum atomic E-state index is -1.01. The van der Waals surface area contributed by atoms with Gasteiger partial charge < -0.3 is 19.6 Å². The lowest BCUT2D eigenvalue weighted by molar-refractivity contribution is -0.139. The molecule has 0 radical (unpaired) electrons. The van der Waals surface area contributed by atoms with Crippen molar-refractivity contribution in [2.75, 3.05) is 13.2 Å². The maximum atomic E-state index is 11.9. The molecule has 1 amide bonds. The van der Waals surface area contributed by atoms with Crippen LogP contribution in [0.1, 0.15) is 21.7 Å². The molecule has 2 rings (SSSR count). The Labute approximate surface area is 127 Å². The summed E-state index contributed by atoms with van der Waals surface area (Å²) in [6.45, 7) is 1.88. The molecule has 0 bridgehead atoms. The monoisotopic (exact) mass is 303 g/mol. The van der Waals surface area contributed by atoms with E-state index < -0.39 is 5.97 Å². The normalized spacial score (nSPS) is 10.2. The second kappa shape index (κ2) is 7.31. The number of amides is 1. The standard InChI is InChI=1S/C16H17NO5/c1-11-14(7-9-21-11)16(20)17-8-6-12-2-4-13(5-3-12)22-10-15(18)19/h2-5,7,9H,6,8,10H2,1H3,(H,17,20)(H,18,19). The van der Waals surface area contributed by atoms with Gasteiger partial charge in [-0.2, -0.15) is 0 Å². The molecule has 0 atom stereocenters. The molecule has 1 aromatic carbocycles. The fourth-order valence-electron chi connectivity index (χ4n) is 1.93. The summed E-state index contributed by atoms with van der Waals surface area (Å²) in [6, 6.07) is 8.73. The summed E-state index contributed by atoms with van der Waals surface area (Å²) in [5.74, 6) is -0.0735. The van der Waals surface area contributed by atoms with Gasteiger partial charge in [-0.1, -0.05) is 12.1 Å². The van der Waals surface area contributed by atoms with Crippen LogP contribution in [0.2, 0.25) is 0 Å². The van der Waals surface area contributed by atoms with E-state index in [1.54, 1.807) is 25.1 Å². The molecule has 0 fully saturated rings. The Morgan fingerprint density at radius 3 is 2.55 bits per heavy atom. The molecule has 2 aromatic rings. The molecule has 2 N–H and O–H groups in total. The van der Waals surface area contributed by atoms with Crippen LogP contribution in [0.5, 0.6) is 5.75 Å². The van der Waals surface area contributed by atoms with E-state index in [4.69, 9.17) is 14.3 Å². The van der Waals surface area contributed by atoms with E-state index in [1.165, 1.54) is 6.26 Å². The van der Waals surface area contributed by atoms with Crippen molar-refractivity contribution < 1.29 is 23.8 Å². The summed E-state index contributed by atoms with van der Waals surface area (Å²) in [4.78, 5) is 22.3. The molecule has 1 heterocycles. The second-order valence-electron chi connectivity index (χ2n) is 4.72.